The van der Waals surface area contributed by atoms with Crippen molar-refractivity contribution in [3.63, 3.8) is 0 Å². The van der Waals surface area contributed by atoms with Gasteiger partial charge in [-0.25, -0.2) is 14.8 Å². The first-order valence-electron chi connectivity index (χ1n) is 23.7. The number of rotatable bonds is 18. The maximum atomic E-state index is 13.5. The number of Topliss-reactive ketones (excluding diaryl/α,β-unsaturated/α-hetero) is 1. The molecule has 1 fully saturated rings. The van der Waals surface area contributed by atoms with Crippen LogP contribution in [0.3, 0.4) is 0 Å². The number of hydrogen-bond acceptors (Lipinski definition) is 10. The lowest BCUT2D eigenvalue weighted by Gasteiger charge is -2.14. The molecule has 13 nitrogen and oxygen atoms in total. The van der Waals surface area contributed by atoms with Gasteiger partial charge in [0.15, 0.2) is 17.3 Å². The highest BCUT2D eigenvalue weighted by molar-refractivity contribution is 6.14. The summed E-state index contributed by atoms with van der Waals surface area (Å²) in [5.41, 5.74) is 7.01. The fraction of sp³-hybridized carbons (Fsp3) is 0.250. The van der Waals surface area contributed by atoms with E-state index in [0.717, 1.165) is 24.1 Å². The van der Waals surface area contributed by atoms with Gasteiger partial charge in [0, 0.05) is 47.6 Å². The van der Waals surface area contributed by atoms with E-state index >= 15 is 0 Å². The first kappa shape index (κ1) is 52.8. The SMILES string of the molecule is COc1ccccc1C(=O)c1cc(NCCC(F)(F)F)c2ncn(-c3ccc(C(=O)CC4CC4)c(C)c3)c2c1.COc1ccccc1C(=O)c1cc(NCCC(F)(F)F)c2ncn(-c3ccc(C(=O)O)c(C)c3)c2c1. The lowest BCUT2D eigenvalue weighted by atomic mass is 9.99. The summed E-state index contributed by atoms with van der Waals surface area (Å²) in [6.07, 6.45) is -4.98. The van der Waals surface area contributed by atoms with E-state index in [0.29, 0.717) is 79.5 Å². The molecule has 9 rings (SSSR count). The van der Waals surface area contributed by atoms with Gasteiger partial charge in [0.1, 0.15) is 35.2 Å². The number of carboxylic acids is 1. The number of para-hydroxylation sites is 2. The van der Waals surface area contributed by atoms with E-state index in [2.05, 4.69) is 20.6 Å². The summed E-state index contributed by atoms with van der Waals surface area (Å²) in [7, 11) is 2.91. The van der Waals surface area contributed by atoms with Crippen molar-refractivity contribution in [2.45, 2.75) is 58.3 Å². The number of nitrogens with one attached hydrogen (secondary N) is 2. The summed E-state index contributed by atoms with van der Waals surface area (Å²) in [5, 5.41) is 14.9. The Balaban J connectivity index is 0.000000200. The number of fused-ring (bicyclic) bond motifs is 2. The Morgan fingerprint density at radius 1 is 0.600 bits per heavy atom. The maximum Gasteiger partial charge on any atom is 0.390 e. The van der Waals surface area contributed by atoms with E-state index in [4.69, 9.17) is 9.47 Å². The number of alkyl halides is 6. The van der Waals surface area contributed by atoms with Crippen LogP contribution in [0, 0.1) is 19.8 Å². The number of aromatic nitrogens is 4. The van der Waals surface area contributed by atoms with E-state index < -0.39 is 37.7 Å². The number of halogens is 6. The molecule has 8 aromatic rings. The van der Waals surface area contributed by atoms with Crippen molar-refractivity contribution in [1.29, 1.82) is 0 Å². The highest BCUT2D eigenvalue weighted by atomic mass is 19.4. The number of imidazole rings is 2. The quantitative estimate of drug-likeness (QED) is 0.0553. The van der Waals surface area contributed by atoms with Crippen molar-refractivity contribution in [3.8, 4) is 22.9 Å². The largest absolute Gasteiger partial charge is 0.496 e. The van der Waals surface area contributed by atoms with Crippen LogP contribution in [0.1, 0.15) is 95.8 Å². The monoisotopic (exact) mass is 1030 g/mol. The smallest absolute Gasteiger partial charge is 0.390 e. The van der Waals surface area contributed by atoms with Crippen molar-refractivity contribution < 1.29 is 60.1 Å². The van der Waals surface area contributed by atoms with Crippen LogP contribution in [0.15, 0.2) is 122 Å². The number of aromatic carboxylic acids is 1. The van der Waals surface area contributed by atoms with Crippen LogP contribution in [0.5, 0.6) is 11.5 Å². The molecule has 1 saturated carbocycles. The average molecular weight is 1030 g/mol. The molecule has 3 N–H and O–H groups in total. The lowest BCUT2D eigenvalue weighted by molar-refractivity contribution is -0.132. The molecule has 0 atom stereocenters. The standard InChI is InChI=1S/C30H28F3N3O3.C26H22F3N3O4/c1-18-13-21(9-10-22(18)26(37)14-19-7-8-19)36-17-35-28-24(34-12-11-30(31,32)33)15-20(16-25(28)36)29(38)23-5-3-4-6-27(23)39-2;1-15-11-17(7-8-18(15)25(34)35)32-14-31-23-20(30-10-9-26(27,28)29)12-16(13-21(23)32)24(33)19-5-3-4-6-22(19)36-2/h3-6,9-10,13,15-17,19,34H,7-8,11-12,14H2,1-2H3;3-8,11-14,30H,9-10H2,1-2H3,(H,34,35). The number of aryl methyl sites for hydroxylation is 2. The number of ether oxygens (including phenoxy) is 2. The van der Waals surface area contributed by atoms with Gasteiger partial charge >= 0.3 is 18.3 Å². The second kappa shape index (κ2) is 21.9. The number of anilines is 2. The first-order chi connectivity index (χ1) is 35.7. The number of carboxylic acid groups (broad SMARTS) is 1. The predicted molar refractivity (Wildman–Crippen MR) is 271 cm³/mol. The van der Waals surface area contributed by atoms with E-state index in [-0.39, 0.29) is 46.3 Å². The molecule has 0 saturated heterocycles. The molecular formula is C56H50F6N6O7. The van der Waals surface area contributed by atoms with Gasteiger partial charge in [-0.05, 0) is 129 Å². The van der Waals surface area contributed by atoms with E-state index in [1.165, 1.54) is 38.7 Å². The Hall–Kier alpha value is -8.48. The molecule has 388 valence electrons. The summed E-state index contributed by atoms with van der Waals surface area (Å²) < 4.78 is 91.0. The van der Waals surface area contributed by atoms with Crippen LogP contribution in [0.25, 0.3) is 33.4 Å². The van der Waals surface area contributed by atoms with Crippen molar-refractivity contribution in [2.24, 2.45) is 5.92 Å². The Morgan fingerprint density at radius 3 is 1.41 bits per heavy atom. The zero-order valence-electron chi connectivity index (χ0n) is 41.0. The number of hydrogen-bond donors (Lipinski definition) is 3. The molecular weight excluding hydrogens is 983 g/mol. The minimum Gasteiger partial charge on any atom is -0.496 e. The molecule has 0 bridgehead atoms. The van der Waals surface area contributed by atoms with Gasteiger partial charge in [-0.15, -0.1) is 0 Å². The maximum absolute atomic E-state index is 13.5. The summed E-state index contributed by atoms with van der Waals surface area (Å²) in [4.78, 5) is 59.9. The van der Waals surface area contributed by atoms with Gasteiger partial charge in [0.05, 0.1) is 66.2 Å². The number of carbonyl (C=O) groups is 4. The Kier molecular flexibility index (Phi) is 15.4. The second-order valence-corrected chi connectivity index (χ2v) is 18.0. The molecule has 0 amide bonds. The minimum absolute atomic E-state index is 0.123. The number of carbonyl (C=O) groups excluding carboxylic acids is 3. The molecule has 0 unspecified atom stereocenters. The molecule has 2 aromatic heterocycles. The fourth-order valence-corrected chi connectivity index (χ4v) is 8.67. The Bertz CT molecular complexity index is 3470. The average Bonchev–Trinajstić information content (AvgIpc) is 3.92. The van der Waals surface area contributed by atoms with E-state index in [1.54, 1.807) is 101 Å². The zero-order chi connectivity index (χ0) is 53.8. The number of methoxy groups -OCH3 is 2. The molecule has 75 heavy (non-hydrogen) atoms. The van der Waals surface area contributed by atoms with Gasteiger partial charge in [-0.2, -0.15) is 26.3 Å². The van der Waals surface area contributed by atoms with Gasteiger partial charge < -0.3 is 25.2 Å². The van der Waals surface area contributed by atoms with Crippen molar-refractivity contribution in [1.82, 2.24) is 19.1 Å². The van der Waals surface area contributed by atoms with Crippen molar-refractivity contribution >= 4 is 56.8 Å². The van der Waals surface area contributed by atoms with Gasteiger partial charge in [0.2, 0.25) is 0 Å². The third kappa shape index (κ3) is 12.3. The molecule has 1 aliphatic carbocycles. The zero-order valence-corrected chi connectivity index (χ0v) is 41.0. The minimum atomic E-state index is -4.35. The third-order valence-electron chi connectivity index (χ3n) is 12.7. The molecule has 6 aromatic carbocycles. The van der Waals surface area contributed by atoms with Gasteiger partial charge in [-0.3, -0.25) is 23.5 Å². The molecule has 1 aliphatic rings. The topological polar surface area (TPSA) is 167 Å². The number of nitrogens with zero attached hydrogens (tertiary/aromatic N) is 4. The predicted octanol–water partition coefficient (Wildman–Crippen LogP) is 12.6. The molecule has 2 heterocycles. The Morgan fingerprint density at radius 2 is 1.03 bits per heavy atom. The van der Waals surface area contributed by atoms with Gasteiger partial charge in [-0.1, -0.05) is 24.3 Å². The number of ketones is 3. The van der Waals surface area contributed by atoms with Crippen LogP contribution < -0.4 is 20.1 Å². The van der Waals surface area contributed by atoms with Crippen LogP contribution in [0.2, 0.25) is 0 Å². The lowest BCUT2D eigenvalue weighted by Crippen LogP contribution is -2.15. The molecule has 0 radical (unpaired) electrons. The molecule has 19 heteroatoms. The third-order valence-corrected chi connectivity index (χ3v) is 12.7. The Labute approximate surface area is 426 Å². The molecule has 0 spiro atoms. The first-order valence-corrected chi connectivity index (χ1v) is 23.7. The summed E-state index contributed by atoms with van der Waals surface area (Å²) in [5.74, 6) is -0.409. The second-order valence-electron chi connectivity index (χ2n) is 18.0. The normalized spacial score (nSPS) is 12.5. The molecule has 0 aliphatic heterocycles. The van der Waals surface area contributed by atoms with E-state index in [1.807, 2.05) is 19.1 Å². The summed E-state index contributed by atoms with van der Waals surface area (Å²) in [6.45, 7) is 2.77. The van der Waals surface area contributed by atoms with Crippen LogP contribution >= 0.6 is 0 Å². The highest BCUT2D eigenvalue weighted by Crippen LogP contribution is 2.36. The van der Waals surface area contributed by atoms with Crippen LogP contribution in [0.4, 0.5) is 37.7 Å². The highest BCUT2D eigenvalue weighted by Gasteiger charge is 2.29. The summed E-state index contributed by atoms with van der Waals surface area (Å²) >= 11 is 0. The van der Waals surface area contributed by atoms with Crippen LogP contribution in [-0.2, 0) is 0 Å². The fourth-order valence-electron chi connectivity index (χ4n) is 8.67. The van der Waals surface area contributed by atoms with Crippen molar-refractivity contribution in [3.05, 3.63) is 166 Å². The van der Waals surface area contributed by atoms with E-state index in [9.17, 15) is 50.6 Å². The summed E-state index contributed by atoms with van der Waals surface area (Å²) in [6, 6.07) is 29.9. The van der Waals surface area contributed by atoms with Crippen LogP contribution in [-0.4, -0.2) is 87.2 Å². The van der Waals surface area contributed by atoms with Gasteiger partial charge in [0.25, 0.3) is 0 Å². The van der Waals surface area contributed by atoms with Crippen molar-refractivity contribution in [2.75, 3.05) is 37.9 Å². The number of benzene rings is 6.